The molecule has 5 nitrogen and oxygen atoms in total. The summed E-state index contributed by atoms with van der Waals surface area (Å²) in [4.78, 5) is 3.98. The van der Waals surface area contributed by atoms with Crippen LogP contribution in [0.3, 0.4) is 0 Å². The van der Waals surface area contributed by atoms with Crippen LogP contribution in [0.15, 0.2) is 30.6 Å². The van der Waals surface area contributed by atoms with Gasteiger partial charge in [-0.1, -0.05) is 0 Å². The summed E-state index contributed by atoms with van der Waals surface area (Å²) < 4.78 is 18.6. The fraction of sp³-hybridized carbons (Fsp3) is 0.0769. The summed E-state index contributed by atoms with van der Waals surface area (Å²) in [6, 6.07) is 4.40. The maximum Gasteiger partial charge on any atom is 0.127 e. The molecular formula is C13H11FN4O. The van der Waals surface area contributed by atoms with E-state index in [1.54, 1.807) is 12.3 Å². The minimum atomic E-state index is -0.391. The first kappa shape index (κ1) is 11.5. The molecular weight excluding hydrogens is 247 g/mol. The molecule has 19 heavy (non-hydrogen) atoms. The van der Waals surface area contributed by atoms with Crippen LogP contribution in [-0.4, -0.2) is 22.3 Å². The van der Waals surface area contributed by atoms with Gasteiger partial charge in [0.25, 0.3) is 0 Å². The predicted molar refractivity (Wildman–Crippen MR) is 70.2 cm³/mol. The molecule has 0 spiro atoms. The van der Waals surface area contributed by atoms with Gasteiger partial charge in [-0.2, -0.15) is 5.10 Å². The van der Waals surface area contributed by atoms with E-state index in [0.29, 0.717) is 28.2 Å². The minimum Gasteiger partial charge on any atom is -0.497 e. The Morgan fingerprint density at radius 1 is 1.26 bits per heavy atom. The number of ether oxygens (including phenoxy) is 1. The quantitative estimate of drug-likeness (QED) is 0.739. The van der Waals surface area contributed by atoms with E-state index in [1.807, 2.05) is 0 Å². The largest absolute Gasteiger partial charge is 0.497 e. The average Bonchev–Trinajstić information content (AvgIpc) is 2.83. The van der Waals surface area contributed by atoms with Crippen molar-refractivity contribution in [1.82, 2.24) is 15.2 Å². The number of aromatic nitrogens is 3. The zero-order chi connectivity index (χ0) is 13.4. The molecule has 0 aliphatic carbocycles. The van der Waals surface area contributed by atoms with E-state index in [-0.39, 0.29) is 0 Å². The molecule has 96 valence electrons. The fourth-order valence-corrected chi connectivity index (χ4v) is 2.02. The lowest BCUT2D eigenvalue weighted by Gasteiger charge is -2.04. The van der Waals surface area contributed by atoms with Crippen LogP contribution in [0.1, 0.15) is 0 Å². The molecule has 0 saturated heterocycles. The fourth-order valence-electron chi connectivity index (χ4n) is 2.02. The molecule has 0 aliphatic rings. The molecule has 6 heteroatoms. The number of pyridine rings is 1. The van der Waals surface area contributed by atoms with Crippen LogP contribution in [0.25, 0.3) is 22.2 Å². The summed E-state index contributed by atoms with van der Waals surface area (Å²) in [5.74, 6) is 0.0388. The Kier molecular flexibility index (Phi) is 2.56. The molecule has 1 aromatic carbocycles. The highest BCUT2D eigenvalue weighted by Gasteiger charge is 2.13. The molecule has 2 aromatic heterocycles. The van der Waals surface area contributed by atoms with Gasteiger partial charge in [0.15, 0.2) is 0 Å². The van der Waals surface area contributed by atoms with Crippen molar-refractivity contribution < 1.29 is 9.13 Å². The van der Waals surface area contributed by atoms with E-state index in [0.717, 1.165) is 5.39 Å². The van der Waals surface area contributed by atoms with Gasteiger partial charge in [0, 0.05) is 11.6 Å². The molecule has 3 N–H and O–H groups in total. The van der Waals surface area contributed by atoms with Gasteiger partial charge < -0.3 is 10.5 Å². The number of halogens is 1. The Morgan fingerprint density at radius 3 is 2.89 bits per heavy atom. The van der Waals surface area contributed by atoms with Gasteiger partial charge in [0.05, 0.1) is 36.1 Å². The second-order valence-electron chi connectivity index (χ2n) is 4.10. The van der Waals surface area contributed by atoms with Crippen molar-refractivity contribution in [2.75, 3.05) is 12.8 Å². The maximum atomic E-state index is 13.5. The van der Waals surface area contributed by atoms with Crippen LogP contribution in [0.4, 0.5) is 10.1 Å². The number of benzene rings is 1. The van der Waals surface area contributed by atoms with E-state index in [4.69, 9.17) is 10.5 Å². The molecule has 0 unspecified atom stereocenters. The van der Waals surface area contributed by atoms with Crippen LogP contribution in [0, 0.1) is 5.82 Å². The Morgan fingerprint density at radius 2 is 2.11 bits per heavy atom. The Balaban J connectivity index is 2.27. The van der Waals surface area contributed by atoms with Crippen molar-refractivity contribution in [3.63, 3.8) is 0 Å². The Hall–Kier alpha value is -2.63. The average molecular weight is 258 g/mol. The first-order chi connectivity index (χ1) is 9.19. The number of nitrogens with two attached hydrogens (primary N) is 1. The predicted octanol–water partition coefficient (Wildman–Crippen LogP) is 2.35. The lowest BCUT2D eigenvalue weighted by Crippen LogP contribution is -1.90. The second kappa shape index (κ2) is 4.24. The number of H-pyrrole nitrogens is 1. The topological polar surface area (TPSA) is 76.8 Å². The monoisotopic (exact) mass is 258 g/mol. The number of nitrogen functional groups attached to an aromatic ring is 1. The van der Waals surface area contributed by atoms with E-state index in [1.165, 1.54) is 25.4 Å². The summed E-state index contributed by atoms with van der Waals surface area (Å²) in [5, 5.41) is 7.73. The standard InChI is InChI=1S/C13H11FN4O/c1-19-9-3-7(2-8(14)4-9)13-12-10(15)5-16-6-11(12)17-18-13/h2-6H,15H2,1H3,(H,17,18). The van der Waals surface area contributed by atoms with Gasteiger partial charge in [-0.05, 0) is 12.1 Å². The number of rotatable bonds is 2. The summed E-state index contributed by atoms with van der Waals surface area (Å²) in [7, 11) is 1.49. The summed E-state index contributed by atoms with van der Waals surface area (Å²) in [6.45, 7) is 0. The Labute approximate surface area is 108 Å². The van der Waals surface area contributed by atoms with Gasteiger partial charge in [0.2, 0.25) is 0 Å². The number of anilines is 1. The van der Waals surface area contributed by atoms with Crippen molar-refractivity contribution in [1.29, 1.82) is 0 Å². The number of nitrogens with zero attached hydrogens (tertiary/aromatic N) is 2. The molecule has 0 atom stereocenters. The van der Waals surface area contributed by atoms with E-state index >= 15 is 0 Å². The normalized spacial score (nSPS) is 10.8. The lowest BCUT2D eigenvalue weighted by molar-refractivity contribution is 0.411. The third-order valence-electron chi connectivity index (χ3n) is 2.88. The van der Waals surface area contributed by atoms with Gasteiger partial charge in [0.1, 0.15) is 17.3 Å². The van der Waals surface area contributed by atoms with Crippen molar-refractivity contribution in [3.05, 3.63) is 36.4 Å². The highest BCUT2D eigenvalue weighted by molar-refractivity contribution is 6.00. The number of hydrogen-bond donors (Lipinski definition) is 2. The zero-order valence-corrected chi connectivity index (χ0v) is 10.1. The molecule has 3 aromatic rings. The zero-order valence-electron chi connectivity index (χ0n) is 10.1. The third kappa shape index (κ3) is 1.87. The highest BCUT2D eigenvalue weighted by Crippen LogP contribution is 2.32. The van der Waals surface area contributed by atoms with Gasteiger partial charge in [-0.25, -0.2) is 4.39 Å². The molecule has 2 heterocycles. The molecule has 0 radical (unpaired) electrons. The molecule has 0 aliphatic heterocycles. The lowest BCUT2D eigenvalue weighted by atomic mass is 10.1. The van der Waals surface area contributed by atoms with E-state index in [2.05, 4.69) is 15.2 Å². The van der Waals surface area contributed by atoms with Crippen LogP contribution in [0.2, 0.25) is 0 Å². The molecule has 0 fully saturated rings. The summed E-state index contributed by atoms with van der Waals surface area (Å²) in [6.07, 6.45) is 3.16. The number of hydrogen-bond acceptors (Lipinski definition) is 4. The van der Waals surface area contributed by atoms with E-state index < -0.39 is 5.82 Å². The summed E-state index contributed by atoms with van der Waals surface area (Å²) >= 11 is 0. The first-order valence-corrected chi connectivity index (χ1v) is 5.61. The van der Waals surface area contributed by atoms with Crippen LogP contribution in [0.5, 0.6) is 5.75 Å². The molecule has 0 amide bonds. The number of nitrogens with one attached hydrogen (secondary N) is 1. The molecule has 3 rings (SSSR count). The number of fused-ring (bicyclic) bond motifs is 1. The SMILES string of the molecule is COc1cc(F)cc(-c2n[nH]c3cncc(N)c23)c1. The third-order valence-corrected chi connectivity index (χ3v) is 2.88. The van der Waals surface area contributed by atoms with Crippen LogP contribution in [-0.2, 0) is 0 Å². The second-order valence-corrected chi connectivity index (χ2v) is 4.10. The molecule has 0 bridgehead atoms. The van der Waals surface area contributed by atoms with Crippen LogP contribution < -0.4 is 10.5 Å². The van der Waals surface area contributed by atoms with E-state index in [9.17, 15) is 4.39 Å². The Bertz CT molecular complexity index is 753. The van der Waals surface area contributed by atoms with Gasteiger partial charge >= 0.3 is 0 Å². The first-order valence-electron chi connectivity index (χ1n) is 5.61. The maximum absolute atomic E-state index is 13.5. The minimum absolute atomic E-state index is 0.391. The van der Waals surface area contributed by atoms with Crippen molar-refractivity contribution in [2.24, 2.45) is 0 Å². The number of aromatic amines is 1. The van der Waals surface area contributed by atoms with Crippen molar-refractivity contribution in [3.8, 4) is 17.0 Å². The van der Waals surface area contributed by atoms with Crippen molar-refractivity contribution in [2.45, 2.75) is 0 Å². The highest BCUT2D eigenvalue weighted by atomic mass is 19.1. The van der Waals surface area contributed by atoms with Gasteiger partial charge in [-0.3, -0.25) is 10.1 Å². The van der Waals surface area contributed by atoms with Gasteiger partial charge in [-0.15, -0.1) is 0 Å². The van der Waals surface area contributed by atoms with Crippen LogP contribution >= 0.6 is 0 Å². The van der Waals surface area contributed by atoms with Crippen molar-refractivity contribution >= 4 is 16.6 Å². The molecule has 0 saturated carbocycles. The number of methoxy groups -OCH3 is 1. The summed E-state index contributed by atoms with van der Waals surface area (Å²) in [5.41, 5.74) is 8.27. The smallest absolute Gasteiger partial charge is 0.127 e.